The van der Waals surface area contributed by atoms with Crippen LogP contribution in [-0.4, -0.2) is 37.4 Å². The third-order valence-corrected chi connectivity index (χ3v) is 2.46. The van der Waals surface area contributed by atoms with Gasteiger partial charge in [-0.25, -0.2) is 0 Å². The van der Waals surface area contributed by atoms with E-state index in [4.69, 9.17) is 9.47 Å². The number of rotatable bonds is 5. The van der Waals surface area contributed by atoms with Crippen molar-refractivity contribution in [2.75, 3.05) is 13.2 Å². The van der Waals surface area contributed by atoms with E-state index in [1.807, 2.05) is 20.8 Å². The van der Waals surface area contributed by atoms with Crippen LogP contribution < -0.4 is 5.32 Å². The number of ether oxygens (including phenoxy) is 2. The van der Waals surface area contributed by atoms with Gasteiger partial charge in [-0.2, -0.15) is 0 Å². The van der Waals surface area contributed by atoms with Crippen molar-refractivity contribution < 1.29 is 14.3 Å². The van der Waals surface area contributed by atoms with Gasteiger partial charge in [-0.3, -0.25) is 4.79 Å². The molecule has 0 spiro atoms. The summed E-state index contributed by atoms with van der Waals surface area (Å²) in [4.78, 5) is 11.4. The molecule has 1 amide bonds. The number of carbonyl (C=O) groups excluding carboxylic acids is 1. The van der Waals surface area contributed by atoms with Crippen LogP contribution in [0.5, 0.6) is 0 Å². The molecule has 0 aromatic heterocycles. The number of carbonyl (C=O) groups is 1. The Morgan fingerprint density at radius 3 is 2.80 bits per heavy atom. The highest BCUT2D eigenvalue weighted by Crippen LogP contribution is 2.15. The van der Waals surface area contributed by atoms with Crippen molar-refractivity contribution in [3.63, 3.8) is 0 Å². The molecule has 2 atom stereocenters. The van der Waals surface area contributed by atoms with Gasteiger partial charge in [0.2, 0.25) is 5.91 Å². The lowest BCUT2D eigenvalue weighted by Gasteiger charge is -2.20. The van der Waals surface area contributed by atoms with Gasteiger partial charge >= 0.3 is 0 Å². The minimum atomic E-state index is -0.0632. The second-order valence-electron chi connectivity index (χ2n) is 4.27. The van der Waals surface area contributed by atoms with Crippen LogP contribution in [0.1, 0.15) is 33.6 Å². The Balaban J connectivity index is 2.18. The Kier molecular flexibility index (Phi) is 5.05. The Hall–Kier alpha value is -0.610. The highest BCUT2D eigenvalue weighted by atomic mass is 16.5. The second-order valence-corrected chi connectivity index (χ2v) is 4.27. The maximum Gasteiger partial charge on any atom is 0.246 e. The lowest BCUT2D eigenvalue weighted by molar-refractivity contribution is -0.128. The van der Waals surface area contributed by atoms with E-state index >= 15 is 0 Å². The predicted octanol–water partition coefficient (Wildman–Crippen LogP) is 1.10. The quantitative estimate of drug-likeness (QED) is 0.747. The molecule has 0 aromatic rings. The van der Waals surface area contributed by atoms with Crippen LogP contribution >= 0.6 is 0 Å². The van der Waals surface area contributed by atoms with Gasteiger partial charge in [0, 0.05) is 6.61 Å². The van der Waals surface area contributed by atoms with Gasteiger partial charge in [0.1, 0.15) is 6.61 Å². The first-order valence-corrected chi connectivity index (χ1v) is 5.62. The van der Waals surface area contributed by atoms with Crippen molar-refractivity contribution in [3.05, 3.63) is 0 Å². The molecular weight excluding hydrogens is 194 g/mol. The molecule has 0 aliphatic carbocycles. The lowest BCUT2D eigenvalue weighted by atomic mass is 10.1. The molecule has 2 unspecified atom stereocenters. The molecule has 4 heteroatoms. The Morgan fingerprint density at radius 2 is 2.27 bits per heavy atom. The number of nitrogens with one attached hydrogen (secondary N) is 1. The molecular formula is C11H21NO3. The smallest absolute Gasteiger partial charge is 0.246 e. The Morgan fingerprint density at radius 1 is 1.53 bits per heavy atom. The van der Waals surface area contributed by atoms with Crippen molar-refractivity contribution >= 4 is 5.91 Å². The summed E-state index contributed by atoms with van der Waals surface area (Å²) in [7, 11) is 0. The van der Waals surface area contributed by atoms with E-state index < -0.39 is 0 Å². The second kappa shape index (κ2) is 6.08. The molecule has 4 nitrogen and oxygen atoms in total. The fourth-order valence-corrected chi connectivity index (χ4v) is 1.63. The fourth-order valence-electron chi connectivity index (χ4n) is 1.63. The van der Waals surface area contributed by atoms with Gasteiger partial charge in [0.05, 0.1) is 18.2 Å². The minimum absolute atomic E-state index is 0.0632. The van der Waals surface area contributed by atoms with Crippen LogP contribution in [0.15, 0.2) is 0 Å². The molecule has 1 N–H and O–H groups in total. The monoisotopic (exact) mass is 215 g/mol. The molecule has 1 heterocycles. The standard InChI is InChI=1S/C11H21NO3/c1-8(2)15-7-11(13)12-9(3)10-5-4-6-14-10/h8-10H,4-7H2,1-3H3,(H,12,13). The SMILES string of the molecule is CC(C)OCC(=O)NC(C)C1CCCO1. The Labute approximate surface area is 91.3 Å². The van der Waals surface area contributed by atoms with Gasteiger partial charge in [0.25, 0.3) is 0 Å². The zero-order valence-corrected chi connectivity index (χ0v) is 9.79. The van der Waals surface area contributed by atoms with Crippen molar-refractivity contribution in [2.45, 2.75) is 51.9 Å². The third kappa shape index (κ3) is 4.62. The van der Waals surface area contributed by atoms with Gasteiger partial charge in [0.15, 0.2) is 0 Å². The van der Waals surface area contributed by atoms with E-state index in [1.165, 1.54) is 0 Å². The minimum Gasteiger partial charge on any atom is -0.376 e. The maximum absolute atomic E-state index is 11.4. The molecule has 0 bridgehead atoms. The topological polar surface area (TPSA) is 47.6 Å². The van der Waals surface area contributed by atoms with E-state index in [1.54, 1.807) is 0 Å². The summed E-state index contributed by atoms with van der Waals surface area (Å²) in [5.41, 5.74) is 0. The van der Waals surface area contributed by atoms with Crippen LogP contribution in [0.4, 0.5) is 0 Å². The first-order valence-electron chi connectivity index (χ1n) is 5.62. The maximum atomic E-state index is 11.4. The highest BCUT2D eigenvalue weighted by molar-refractivity contribution is 5.77. The van der Waals surface area contributed by atoms with Crippen molar-refractivity contribution in [2.24, 2.45) is 0 Å². The normalized spacial score (nSPS) is 23.1. The van der Waals surface area contributed by atoms with E-state index in [2.05, 4.69) is 5.32 Å². The molecule has 0 saturated carbocycles. The van der Waals surface area contributed by atoms with Crippen LogP contribution in [0.2, 0.25) is 0 Å². The summed E-state index contributed by atoms with van der Waals surface area (Å²) in [6.07, 6.45) is 2.39. The van der Waals surface area contributed by atoms with Gasteiger partial charge < -0.3 is 14.8 Å². The van der Waals surface area contributed by atoms with Crippen LogP contribution in [0, 0.1) is 0 Å². The largest absolute Gasteiger partial charge is 0.376 e. The Bertz CT molecular complexity index is 200. The first-order chi connectivity index (χ1) is 7.09. The summed E-state index contributed by atoms with van der Waals surface area (Å²) in [5.74, 6) is -0.0632. The van der Waals surface area contributed by atoms with Gasteiger partial charge in [-0.15, -0.1) is 0 Å². The summed E-state index contributed by atoms with van der Waals surface area (Å²) in [5, 5.41) is 2.89. The molecule has 1 rings (SSSR count). The summed E-state index contributed by atoms with van der Waals surface area (Å²) >= 11 is 0. The molecule has 1 fully saturated rings. The van der Waals surface area contributed by atoms with Crippen molar-refractivity contribution in [1.29, 1.82) is 0 Å². The average Bonchev–Trinajstić information content (AvgIpc) is 2.67. The average molecular weight is 215 g/mol. The van der Waals surface area contributed by atoms with E-state index in [0.717, 1.165) is 19.4 Å². The van der Waals surface area contributed by atoms with Crippen LogP contribution in [0.3, 0.4) is 0 Å². The molecule has 15 heavy (non-hydrogen) atoms. The van der Waals surface area contributed by atoms with Gasteiger partial charge in [-0.1, -0.05) is 0 Å². The number of amides is 1. The first kappa shape index (κ1) is 12.5. The number of hydrogen-bond acceptors (Lipinski definition) is 3. The van der Waals surface area contributed by atoms with E-state index in [9.17, 15) is 4.79 Å². The predicted molar refractivity (Wildman–Crippen MR) is 57.7 cm³/mol. The summed E-state index contributed by atoms with van der Waals surface area (Å²) in [6, 6.07) is 0.0794. The van der Waals surface area contributed by atoms with E-state index in [0.29, 0.717) is 0 Å². The molecule has 1 aliphatic rings. The fraction of sp³-hybridized carbons (Fsp3) is 0.909. The van der Waals surface area contributed by atoms with Crippen LogP contribution in [0.25, 0.3) is 0 Å². The van der Waals surface area contributed by atoms with Crippen molar-refractivity contribution in [3.8, 4) is 0 Å². The van der Waals surface area contributed by atoms with E-state index in [-0.39, 0.29) is 30.8 Å². The zero-order valence-electron chi connectivity index (χ0n) is 9.79. The number of hydrogen-bond donors (Lipinski definition) is 1. The molecule has 0 aromatic carbocycles. The third-order valence-electron chi connectivity index (χ3n) is 2.46. The lowest BCUT2D eigenvalue weighted by Crippen LogP contribution is -2.42. The zero-order chi connectivity index (χ0) is 11.3. The van der Waals surface area contributed by atoms with Crippen molar-refractivity contribution in [1.82, 2.24) is 5.32 Å². The molecule has 0 radical (unpaired) electrons. The molecule has 1 saturated heterocycles. The van der Waals surface area contributed by atoms with Gasteiger partial charge in [-0.05, 0) is 33.6 Å². The molecule has 1 aliphatic heterocycles. The summed E-state index contributed by atoms with van der Waals surface area (Å²) in [6.45, 7) is 6.75. The highest BCUT2D eigenvalue weighted by Gasteiger charge is 2.23. The van der Waals surface area contributed by atoms with Crippen LogP contribution in [-0.2, 0) is 14.3 Å². The summed E-state index contributed by atoms with van der Waals surface area (Å²) < 4.78 is 10.7. The molecule has 88 valence electrons.